The summed E-state index contributed by atoms with van der Waals surface area (Å²) in [5.74, 6) is 0.442. The van der Waals surface area contributed by atoms with E-state index in [-0.39, 0.29) is 17.5 Å². The smallest absolute Gasteiger partial charge is 0.348 e. The predicted molar refractivity (Wildman–Crippen MR) is 141 cm³/mol. The zero-order valence-corrected chi connectivity index (χ0v) is 21.8. The molecule has 0 bridgehead atoms. The Bertz CT molecular complexity index is 1320. The highest BCUT2D eigenvalue weighted by Gasteiger charge is 2.37. The van der Waals surface area contributed by atoms with Gasteiger partial charge in [-0.2, -0.15) is 0 Å². The summed E-state index contributed by atoms with van der Waals surface area (Å²) >= 11 is 1.66. The molecule has 190 valence electrons. The quantitative estimate of drug-likeness (QED) is 0.373. The molecule has 2 fully saturated rings. The molecule has 2 saturated carbocycles. The molecule has 2 aromatic heterocycles. The van der Waals surface area contributed by atoms with Gasteiger partial charge >= 0.3 is 11.6 Å². The summed E-state index contributed by atoms with van der Waals surface area (Å²) in [6.07, 6.45) is 10.7. The number of hydrogen-bond donors (Lipinski definition) is 0. The molecule has 2 heterocycles. The van der Waals surface area contributed by atoms with Gasteiger partial charge in [0.25, 0.3) is 0 Å². The number of aromatic nitrogens is 1. The fourth-order valence-corrected chi connectivity index (χ4v) is 7.34. The molecular formula is C29H34N2O4S. The van der Waals surface area contributed by atoms with Gasteiger partial charge in [0.1, 0.15) is 10.2 Å². The fraction of sp³-hybridized carbons (Fsp3) is 0.552. The van der Waals surface area contributed by atoms with E-state index in [9.17, 15) is 9.59 Å². The van der Waals surface area contributed by atoms with Gasteiger partial charge in [-0.05, 0) is 94.4 Å². The van der Waals surface area contributed by atoms with E-state index in [4.69, 9.17) is 14.1 Å². The molecule has 0 amide bonds. The van der Waals surface area contributed by atoms with Crippen molar-refractivity contribution in [3.05, 3.63) is 50.7 Å². The van der Waals surface area contributed by atoms with Gasteiger partial charge < -0.3 is 9.15 Å². The van der Waals surface area contributed by atoms with Crippen LogP contribution in [0, 0.1) is 5.92 Å². The average molecular weight is 507 g/mol. The van der Waals surface area contributed by atoms with Crippen LogP contribution in [0.25, 0.3) is 21.7 Å². The lowest BCUT2D eigenvalue weighted by molar-refractivity contribution is -0.149. The molecule has 0 saturated heterocycles. The van der Waals surface area contributed by atoms with Crippen LogP contribution in [-0.4, -0.2) is 34.5 Å². The molecule has 0 spiro atoms. The van der Waals surface area contributed by atoms with Gasteiger partial charge in [0.2, 0.25) is 5.89 Å². The fourth-order valence-electron chi connectivity index (χ4n) is 6.10. The second-order valence-electron chi connectivity index (χ2n) is 10.6. The van der Waals surface area contributed by atoms with Gasteiger partial charge in [-0.25, -0.2) is 9.78 Å². The van der Waals surface area contributed by atoms with Crippen LogP contribution in [0.1, 0.15) is 74.3 Å². The predicted octanol–water partition coefficient (Wildman–Crippen LogP) is 5.88. The number of fused-ring (bicyclic) bond motifs is 3. The summed E-state index contributed by atoms with van der Waals surface area (Å²) in [4.78, 5) is 34.7. The summed E-state index contributed by atoms with van der Waals surface area (Å²) < 4.78 is 11.0. The minimum Gasteiger partial charge on any atom is -0.466 e. The van der Waals surface area contributed by atoms with Gasteiger partial charge in [0, 0.05) is 29.1 Å². The normalized spacial score (nSPS) is 22.1. The van der Waals surface area contributed by atoms with Crippen LogP contribution < -0.4 is 5.63 Å². The minimum atomic E-state index is -0.252. The third kappa shape index (κ3) is 4.75. The second kappa shape index (κ2) is 10.1. The lowest BCUT2D eigenvalue weighted by Gasteiger charge is -2.36. The molecule has 3 aromatic rings. The molecule has 0 unspecified atom stereocenters. The van der Waals surface area contributed by atoms with Crippen molar-refractivity contribution < 1.29 is 13.9 Å². The topological polar surface area (TPSA) is 72.6 Å². The monoisotopic (exact) mass is 506 g/mol. The average Bonchev–Trinajstić information content (AvgIpc) is 3.67. The summed E-state index contributed by atoms with van der Waals surface area (Å²) in [7, 11) is 0. The highest BCUT2D eigenvalue weighted by molar-refractivity contribution is 7.18. The molecule has 0 aliphatic heterocycles. The van der Waals surface area contributed by atoms with Crippen molar-refractivity contribution >= 4 is 27.5 Å². The van der Waals surface area contributed by atoms with Gasteiger partial charge in [-0.15, -0.1) is 11.3 Å². The maximum absolute atomic E-state index is 12.9. The number of ether oxygens (including phenoxy) is 1. The molecule has 1 aromatic carbocycles. The van der Waals surface area contributed by atoms with Crippen molar-refractivity contribution in [2.24, 2.45) is 5.92 Å². The van der Waals surface area contributed by atoms with Crippen molar-refractivity contribution in [2.45, 2.75) is 89.8 Å². The van der Waals surface area contributed by atoms with E-state index in [1.807, 2.05) is 19.1 Å². The van der Waals surface area contributed by atoms with Crippen molar-refractivity contribution in [1.29, 1.82) is 0 Å². The zero-order valence-electron chi connectivity index (χ0n) is 21.0. The standard InChI is InChI=1S/C29H34N2O4S/c1-2-34-28(32)19-10-12-21(13-11-19)31(22-14-15-22)17-18-6-5-7-20(16-18)26-30-27-25(29(33)35-26)23-8-3-4-9-24(23)36-27/h5-7,16,19,21-22H,2-4,8-15,17H2,1H3. The van der Waals surface area contributed by atoms with E-state index in [0.29, 0.717) is 30.0 Å². The molecular weight excluding hydrogens is 472 g/mol. The van der Waals surface area contributed by atoms with E-state index in [0.717, 1.165) is 61.9 Å². The Hall–Kier alpha value is -2.51. The SMILES string of the molecule is CCOC(=O)C1CCC(N(Cc2cccc(-c3nc4sc5c(c4c(=O)o3)CCCC5)c2)C2CC2)CC1. The molecule has 7 heteroatoms. The maximum Gasteiger partial charge on any atom is 0.348 e. The van der Waals surface area contributed by atoms with Crippen LogP contribution in [0.2, 0.25) is 0 Å². The van der Waals surface area contributed by atoms with E-state index in [1.165, 1.54) is 35.3 Å². The Morgan fingerprint density at radius 1 is 1.11 bits per heavy atom. The van der Waals surface area contributed by atoms with Gasteiger partial charge in [-0.3, -0.25) is 9.69 Å². The molecule has 0 atom stereocenters. The van der Waals surface area contributed by atoms with Gasteiger partial charge in [-0.1, -0.05) is 12.1 Å². The van der Waals surface area contributed by atoms with Crippen LogP contribution >= 0.6 is 11.3 Å². The van der Waals surface area contributed by atoms with Crippen molar-refractivity contribution in [3.63, 3.8) is 0 Å². The lowest BCUT2D eigenvalue weighted by atomic mass is 9.85. The largest absolute Gasteiger partial charge is 0.466 e. The Balaban J connectivity index is 1.21. The minimum absolute atomic E-state index is 0.0285. The summed E-state index contributed by atoms with van der Waals surface area (Å²) in [6, 6.07) is 9.44. The van der Waals surface area contributed by atoms with Crippen LogP contribution in [0.15, 0.2) is 33.5 Å². The number of esters is 1. The van der Waals surface area contributed by atoms with Gasteiger partial charge in [0.05, 0.1) is 12.5 Å². The van der Waals surface area contributed by atoms with Gasteiger partial charge in [0.15, 0.2) is 0 Å². The van der Waals surface area contributed by atoms with E-state index >= 15 is 0 Å². The zero-order chi connectivity index (χ0) is 24.6. The van der Waals surface area contributed by atoms with Crippen molar-refractivity contribution in [3.8, 4) is 11.5 Å². The summed E-state index contributed by atoms with van der Waals surface area (Å²) in [5.41, 5.74) is 2.99. The van der Waals surface area contributed by atoms with E-state index in [1.54, 1.807) is 11.3 Å². The van der Waals surface area contributed by atoms with Crippen molar-refractivity contribution in [2.75, 3.05) is 6.61 Å². The van der Waals surface area contributed by atoms with Crippen LogP contribution in [0.4, 0.5) is 0 Å². The third-order valence-corrected chi connectivity index (χ3v) is 9.28. The Labute approximate surface area is 215 Å². The highest BCUT2D eigenvalue weighted by Crippen LogP contribution is 2.38. The Morgan fingerprint density at radius 2 is 1.86 bits per heavy atom. The Kier molecular flexibility index (Phi) is 6.69. The van der Waals surface area contributed by atoms with Crippen molar-refractivity contribution in [1.82, 2.24) is 9.88 Å². The number of benzene rings is 1. The van der Waals surface area contributed by atoms with E-state index < -0.39 is 0 Å². The highest BCUT2D eigenvalue weighted by atomic mass is 32.1. The molecule has 0 N–H and O–H groups in total. The number of thiophene rings is 1. The molecule has 3 aliphatic carbocycles. The first-order valence-electron chi connectivity index (χ1n) is 13.6. The first-order valence-corrected chi connectivity index (χ1v) is 14.4. The molecule has 6 rings (SSSR count). The lowest BCUT2D eigenvalue weighted by Crippen LogP contribution is -2.40. The number of hydrogen-bond acceptors (Lipinski definition) is 7. The van der Waals surface area contributed by atoms with Crippen LogP contribution in [0.5, 0.6) is 0 Å². The number of rotatable bonds is 7. The van der Waals surface area contributed by atoms with Crippen LogP contribution in [0.3, 0.4) is 0 Å². The molecule has 3 aliphatic rings. The molecule has 0 radical (unpaired) electrons. The molecule has 36 heavy (non-hydrogen) atoms. The third-order valence-electron chi connectivity index (χ3n) is 8.09. The number of aryl methyl sites for hydroxylation is 2. The van der Waals surface area contributed by atoms with Crippen LogP contribution in [-0.2, 0) is 28.9 Å². The number of carbonyl (C=O) groups excluding carboxylic acids is 1. The summed E-state index contributed by atoms with van der Waals surface area (Å²) in [5, 5.41) is 0.702. The molecule has 6 nitrogen and oxygen atoms in total. The first-order chi connectivity index (χ1) is 17.6. The maximum atomic E-state index is 12.9. The second-order valence-corrected chi connectivity index (χ2v) is 11.6. The number of carbonyl (C=O) groups is 1. The number of nitrogens with zero attached hydrogens (tertiary/aromatic N) is 2. The summed E-state index contributed by atoms with van der Waals surface area (Å²) in [6.45, 7) is 3.20. The van der Waals surface area contributed by atoms with E-state index in [2.05, 4.69) is 17.0 Å². The first kappa shape index (κ1) is 23.9. The Morgan fingerprint density at radius 3 is 2.61 bits per heavy atom.